The summed E-state index contributed by atoms with van der Waals surface area (Å²) in [6.45, 7) is 7.07. The Kier molecular flexibility index (Phi) is 4.28. The minimum atomic E-state index is -0.812. The highest BCUT2D eigenvalue weighted by atomic mass is 79.9. The van der Waals surface area contributed by atoms with Crippen LogP contribution in [0.2, 0.25) is 0 Å². The Morgan fingerprint density at radius 3 is 2.70 bits per heavy atom. The van der Waals surface area contributed by atoms with Crippen LogP contribution < -0.4 is 9.47 Å². The zero-order chi connectivity index (χ0) is 14.9. The summed E-state index contributed by atoms with van der Waals surface area (Å²) in [5.41, 5.74) is 1.42. The highest BCUT2D eigenvalue weighted by Crippen LogP contribution is 2.44. The second kappa shape index (κ2) is 5.64. The lowest BCUT2D eigenvalue weighted by Gasteiger charge is -2.28. The Balaban J connectivity index is 2.54. The third-order valence-electron chi connectivity index (χ3n) is 3.50. The molecule has 5 heteroatoms. The molecule has 1 aliphatic rings. The molecule has 0 atom stereocenters. The second-order valence-electron chi connectivity index (χ2n) is 5.69. The number of hydrogen-bond acceptors (Lipinski definition) is 3. The lowest BCUT2D eigenvalue weighted by atomic mass is 9.79. The first-order valence-electron chi connectivity index (χ1n) is 6.64. The van der Waals surface area contributed by atoms with Gasteiger partial charge in [-0.2, -0.15) is 0 Å². The number of carbonyl (C=O) groups is 1. The number of hydrogen-bond donors (Lipinski definition) is 1. The van der Waals surface area contributed by atoms with E-state index in [2.05, 4.69) is 15.9 Å². The minimum absolute atomic E-state index is 0.0616. The van der Waals surface area contributed by atoms with Crippen molar-refractivity contribution in [3.8, 4) is 11.5 Å². The molecule has 0 saturated heterocycles. The van der Waals surface area contributed by atoms with Gasteiger partial charge < -0.3 is 14.6 Å². The molecular formula is C15H19BrO4. The van der Waals surface area contributed by atoms with E-state index in [0.717, 1.165) is 33.5 Å². The van der Waals surface area contributed by atoms with Gasteiger partial charge in [0.05, 0.1) is 19.6 Å². The van der Waals surface area contributed by atoms with Crippen LogP contribution in [0.25, 0.3) is 0 Å². The van der Waals surface area contributed by atoms with Crippen molar-refractivity contribution in [3.05, 3.63) is 21.7 Å². The van der Waals surface area contributed by atoms with E-state index >= 15 is 0 Å². The lowest BCUT2D eigenvalue weighted by molar-refractivity contribution is -0.138. The maximum absolute atomic E-state index is 11.1. The largest absolute Gasteiger partial charge is 0.490 e. The maximum atomic E-state index is 11.1. The lowest BCUT2D eigenvalue weighted by Crippen LogP contribution is -2.23. The van der Waals surface area contributed by atoms with Crippen molar-refractivity contribution in [1.29, 1.82) is 0 Å². The van der Waals surface area contributed by atoms with E-state index in [-0.39, 0.29) is 6.42 Å². The molecule has 1 aromatic carbocycles. The number of carboxylic acid groups (broad SMARTS) is 1. The zero-order valence-electron chi connectivity index (χ0n) is 12.0. The predicted octanol–water partition coefficient (Wildman–Crippen LogP) is 3.67. The monoisotopic (exact) mass is 342 g/mol. The number of benzene rings is 1. The molecule has 110 valence electrons. The summed E-state index contributed by atoms with van der Waals surface area (Å²) < 4.78 is 12.3. The third kappa shape index (κ3) is 2.92. The molecule has 0 radical (unpaired) electrons. The fourth-order valence-electron chi connectivity index (χ4n) is 2.73. The van der Waals surface area contributed by atoms with Gasteiger partial charge in [0.1, 0.15) is 0 Å². The van der Waals surface area contributed by atoms with Crippen LogP contribution in [0, 0.1) is 6.92 Å². The van der Waals surface area contributed by atoms with Crippen molar-refractivity contribution in [1.82, 2.24) is 0 Å². The van der Waals surface area contributed by atoms with Crippen LogP contribution in [0.1, 0.15) is 37.8 Å². The molecule has 0 bridgehead atoms. The molecular weight excluding hydrogens is 324 g/mol. The molecule has 0 spiro atoms. The standard InChI is InChI=1S/C15H19BrO4/c1-9-13(15(2,3)8-12(17)18)10(16)7-11-14(9)20-6-4-5-19-11/h7H,4-6,8H2,1-3H3,(H,17,18). The number of ether oxygens (including phenoxy) is 2. The van der Waals surface area contributed by atoms with Gasteiger partial charge in [0, 0.05) is 16.3 Å². The van der Waals surface area contributed by atoms with E-state index < -0.39 is 11.4 Å². The quantitative estimate of drug-likeness (QED) is 0.910. The van der Waals surface area contributed by atoms with Crippen molar-refractivity contribution in [3.63, 3.8) is 0 Å². The average Bonchev–Trinajstić information content (AvgIpc) is 2.51. The van der Waals surface area contributed by atoms with Crippen LogP contribution in [0.3, 0.4) is 0 Å². The Bertz CT molecular complexity index is 537. The highest BCUT2D eigenvalue weighted by Gasteiger charge is 2.31. The summed E-state index contributed by atoms with van der Waals surface area (Å²) in [6, 6.07) is 1.88. The molecule has 1 N–H and O–H groups in total. The molecule has 1 aliphatic heterocycles. The van der Waals surface area contributed by atoms with Crippen LogP contribution in [0.15, 0.2) is 10.5 Å². The molecule has 4 nitrogen and oxygen atoms in total. The van der Waals surface area contributed by atoms with E-state index in [4.69, 9.17) is 14.6 Å². The molecule has 0 aliphatic carbocycles. The zero-order valence-corrected chi connectivity index (χ0v) is 13.5. The Morgan fingerprint density at radius 2 is 2.05 bits per heavy atom. The van der Waals surface area contributed by atoms with Crippen LogP contribution in [-0.4, -0.2) is 24.3 Å². The number of carboxylic acids is 1. The van der Waals surface area contributed by atoms with Gasteiger partial charge >= 0.3 is 5.97 Å². The SMILES string of the molecule is Cc1c2c(cc(Br)c1C(C)(C)CC(=O)O)OCCCO2. The van der Waals surface area contributed by atoms with Gasteiger partial charge in [0.25, 0.3) is 0 Å². The number of aliphatic carboxylic acids is 1. The molecule has 0 amide bonds. The van der Waals surface area contributed by atoms with Gasteiger partial charge in [0.2, 0.25) is 0 Å². The van der Waals surface area contributed by atoms with E-state index in [0.29, 0.717) is 13.2 Å². The topological polar surface area (TPSA) is 55.8 Å². The molecule has 2 rings (SSSR count). The van der Waals surface area contributed by atoms with Crippen LogP contribution in [0.5, 0.6) is 11.5 Å². The highest BCUT2D eigenvalue weighted by molar-refractivity contribution is 9.10. The number of fused-ring (bicyclic) bond motifs is 1. The summed E-state index contributed by atoms with van der Waals surface area (Å²) >= 11 is 3.55. The first-order chi connectivity index (χ1) is 9.33. The summed E-state index contributed by atoms with van der Waals surface area (Å²) in [4.78, 5) is 11.1. The van der Waals surface area contributed by atoms with Crippen molar-refractivity contribution in [2.45, 2.75) is 39.0 Å². The number of halogens is 1. The molecule has 0 unspecified atom stereocenters. The van der Waals surface area contributed by atoms with Crippen molar-refractivity contribution >= 4 is 21.9 Å². The summed E-state index contributed by atoms with van der Waals surface area (Å²) in [7, 11) is 0. The minimum Gasteiger partial charge on any atom is -0.490 e. The predicted molar refractivity (Wildman–Crippen MR) is 79.8 cm³/mol. The normalized spacial score (nSPS) is 14.8. The summed E-state index contributed by atoms with van der Waals surface area (Å²) in [5.74, 6) is 0.648. The van der Waals surface area contributed by atoms with E-state index in [9.17, 15) is 4.79 Å². The Hall–Kier alpha value is -1.23. The molecule has 20 heavy (non-hydrogen) atoms. The van der Waals surface area contributed by atoms with Crippen LogP contribution in [0.4, 0.5) is 0 Å². The smallest absolute Gasteiger partial charge is 0.304 e. The third-order valence-corrected chi connectivity index (χ3v) is 4.12. The first kappa shape index (κ1) is 15.2. The summed E-state index contributed by atoms with van der Waals surface area (Å²) in [6.07, 6.45) is 0.908. The van der Waals surface area contributed by atoms with Crippen molar-refractivity contribution in [2.24, 2.45) is 0 Å². The summed E-state index contributed by atoms with van der Waals surface area (Å²) in [5, 5.41) is 9.10. The number of rotatable bonds is 3. The van der Waals surface area contributed by atoms with E-state index in [1.165, 1.54) is 0 Å². The molecule has 0 fully saturated rings. The van der Waals surface area contributed by atoms with E-state index in [1.807, 2.05) is 26.8 Å². The van der Waals surface area contributed by atoms with Gasteiger partial charge in [-0.15, -0.1) is 0 Å². The first-order valence-corrected chi connectivity index (χ1v) is 7.43. The van der Waals surface area contributed by atoms with Crippen LogP contribution in [-0.2, 0) is 10.2 Å². The fraction of sp³-hybridized carbons (Fsp3) is 0.533. The van der Waals surface area contributed by atoms with Gasteiger partial charge in [-0.05, 0) is 24.1 Å². The van der Waals surface area contributed by atoms with Gasteiger partial charge in [-0.25, -0.2) is 0 Å². The maximum Gasteiger partial charge on any atom is 0.304 e. The van der Waals surface area contributed by atoms with Crippen molar-refractivity contribution < 1.29 is 19.4 Å². The molecule has 1 heterocycles. The average molecular weight is 343 g/mol. The van der Waals surface area contributed by atoms with Crippen molar-refractivity contribution in [2.75, 3.05) is 13.2 Å². The Morgan fingerprint density at radius 1 is 1.40 bits per heavy atom. The van der Waals surface area contributed by atoms with Gasteiger partial charge in [0.15, 0.2) is 11.5 Å². The van der Waals surface area contributed by atoms with E-state index in [1.54, 1.807) is 0 Å². The van der Waals surface area contributed by atoms with Crippen LogP contribution >= 0.6 is 15.9 Å². The fourth-order valence-corrected chi connectivity index (χ4v) is 3.77. The molecule has 0 aromatic heterocycles. The van der Waals surface area contributed by atoms with Gasteiger partial charge in [-0.3, -0.25) is 4.79 Å². The molecule has 1 aromatic rings. The Labute approximate surface area is 127 Å². The molecule has 0 saturated carbocycles. The van der Waals surface area contributed by atoms with Gasteiger partial charge in [-0.1, -0.05) is 29.8 Å². The second-order valence-corrected chi connectivity index (χ2v) is 6.54.